The van der Waals surface area contributed by atoms with Gasteiger partial charge >= 0.3 is 6.03 Å². The maximum absolute atomic E-state index is 13.0. The highest BCUT2D eigenvalue weighted by atomic mass is 79.9. The van der Waals surface area contributed by atoms with Crippen LogP contribution in [0.4, 0.5) is 16.2 Å². The quantitative estimate of drug-likeness (QED) is 0.313. The first-order chi connectivity index (χ1) is 19.0. The lowest BCUT2D eigenvalue weighted by molar-refractivity contribution is 0.125. The first-order valence-corrected chi connectivity index (χ1v) is 13.8. The average molecular weight is 585 g/mol. The molecule has 0 bridgehead atoms. The lowest BCUT2D eigenvalue weighted by Crippen LogP contribution is -2.51. The van der Waals surface area contributed by atoms with Crippen LogP contribution in [0.3, 0.4) is 0 Å². The Labute approximate surface area is 236 Å². The number of imidazole rings is 1. The topological polar surface area (TPSA) is 92.3 Å². The van der Waals surface area contributed by atoms with E-state index >= 15 is 0 Å². The Morgan fingerprint density at radius 3 is 2.59 bits per heavy atom. The molecule has 3 N–H and O–H groups in total. The van der Waals surface area contributed by atoms with Gasteiger partial charge in [0.2, 0.25) is 0 Å². The van der Waals surface area contributed by atoms with Crippen molar-refractivity contribution in [2.45, 2.75) is 19.5 Å². The van der Waals surface area contributed by atoms with Crippen molar-refractivity contribution in [3.63, 3.8) is 0 Å². The highest BCUT2D eigenvalue weighted by Gasteiger charge is 2.33. The van der Waals surface area contributed by atoms with E-state index in [9.17, 15) is 4.79 Å². The number of rotatable bonds is 4. The number of carbonyl (C=O) groups excluding carboxylic acids is 1. The Balaban J connectivity index is 1.29. The summed E-state index contributed by atoms with van der Waals surface area (Å²) in [6, 6.07) is 17.8. The SMILES string of the molecule is Cc1nccn1CC1=Cc2ccccc2C(N2CCN(C(=O)Nc3ccc(N)cc3)CC2)c2ncc(Br)cc21. The summed E-state index contributed by atoms with van der Waals surface area (Å²) in [5, 5.41) is 2.99. The van der Waals surface area contributed by atoms with Crippen LogP contribution in [0.25, 0.3) is 11.6 Å². The number of allylic oxidation sites excluding steroid dienone is 1. The molecule has 1 unspecified atom stereocenters. The zero-order chi connectivity index (χ0) is 26.9. The number of nitrogens with two attached hydrogens (primary N) is 1. The number of piperazine rings is 1. The number of halogens is 1. The van der Waals surface area contributed by atoms with Crippen molar-refractivity contribution in [2.24, 2.45) is 0 Å². The summed E-state index contributed by atoms with van der Waals surface area (Å²) in [5.74, 6) is 0.975. The van der Waals surface area contributed by atoms with Crippen molar-refractivity contribution >= 4 is 45.0 Å². The van der Waals surface area contributed by atoms with E-state index in [1.54, 1.807) is 12.1 Å². The molecule has 39 heavy (non-hydrogen) atoms. The molecule has 3 heterocycles. The second kappa shape index (κ2) is 10.7. The van der Waals surface area contributed by atoms with Gasteiger partial charge in [0.25, 0.3) is 0 Å². The van der Waals surface area contributed by atoms with Gasteiger partial charge in [0.05, 0.1) is 11.7 Å². The summed E-state index contributed by atoms with van der Waals surface area (Å²) < 4.78 is 3.11. The third kappa shape index (κ3) is 5.20. The minimum Gasteiger partial charge on any atom is -0.399 e. The van der Waals surface area contributed by atoms with Crippen LogP contribution in [0.2, 0.25) is 0 Å². The Morgan fingerprint density at radius 1 is 1.08 bits per heavy atom. The summed E-state index contributed by atoms with van der Waals surface area (Å²) in [4.78, 5) is 26.7. The number of carbonyl (C=O) groups is 1. The fraction of sp³-hybridized carbons (Fsp3) is 0.233. The molecule has 8 nitrogen and oxygen atoms in total. The first-order valence-electron chi connectivity index (χ1n) is 13.0. The van der Waals surface area contributed by atoms with Crippen LogP contribution in [0.15, 0.2) is 77.7 Å². The number of amides is 2. The molecule has 198 valence electrons. The number of hydrogen-bond donors (Lipinski definition) is 2. The monoisotopic (exact) mass is 583 g/mol. The normalized spacial score (nSPS) is 17.1. The lowest BCUT2D eigenvalue weighted by Gasteiger charge is -2.39. The van der Waals surface area contributed by atoms with Gasteiger partial charge in [0.15, 0.2) is 0 Å². The second-order valence-electron chi connectivity index (χ2n) is 9.96. The Hall–Kier alpha value is -3.95. The van der Waals surface area contributed by atoms with Crippen molar-refractivity contribution in [3.8, 4) is 0 Å². The van der Waals surface area contributed by atoms with Gasteiger partial charge in [-0.25, -0.2) is 9.78 Å². The molecule has 2 aromatic heterocycles. The maximum Gasteiger partial charge on any atom is 0.321 e. The number of pyridine rings is 1. The maximum atomic E-state index is 13.0. The number of urea groups is 1. The molecule has 1 fully saturated rings. The molecule has 0 radical (unpaired) electrons. The highest BCUT2D eigenvalue weighted by molar-refractivity contribution is 9.10. The number of anilines is 2. The van der Waals surface area contributed by atoms with Crippen LogP contribution in [-0.2, 0) is 6.54 Å². The van der Waals surface area contributed by atoms with Crippen LogP contribution < -0.4 is 11.1 Å². The number of nitrogen functional groups attached to an aromatic ring is 1. The van der Waals surface area contributed by atoms with E-state index in [0.29, 0.717) is 25.3 Å². The van der Waals surface area contributed by atoms with E-state index in [-0.39, 0.29) is 12.1 Å². The predicted octanol–water partition coefficient (Wildman–Crippen LogP) is 5.42. The number of nitrogens with one attached hydrogen (secondary N) is 1. The molecule has 1 aliphatic carbocycles. The van der Waals surface area contributed by atoms with E-state index < -0.39 is 0 Å². The molecular weight excluding hydrogens is 554 g/mol. The molecule has 1 aliphatic heterocycles. The Morgan fingerprint density at radius 2 is 1.85 bits per heavy atom. The summed E-state index contributed by atoms with van der Waals surface area (Å²) in [7, 11) is 0. The molecule has 6 rings (SSSR count). The molecule has 2 aromatic carbocycles. The zero-order valence-corrected chi connectivity index (χ0v) is 23.3. The van der Waals surface area contributed by atoms with E-state index in [1.807, 2.05) is 42.5 Å². The van der Waals surface area contributed by atoms with Gasteiger partial charge < -0.3 is 20.5 Å². The number of hydrogen-bond acceptors (Lipinski definition) is 5. The summed E-state index contributed by atoms with van der Waals surface area (Å²) in [5.41, 5.74) is 13.0. The number of aryl methyl sites for hydroxylation is 1. The third-order valence-electron chi connectivity index (χ3n) is 7.50. The molecule has 0 spiro atoms. The van der Waals surface area contributed by atoms with Gasteiger partial charge in [-0.05, 0) is 76.0 Å². The van der Waals surface area contributed by atoms with Crippen molar-refractivity contribution in [1.29, 1.82) is 0 Å². The Bertz CT molecular complexity index is 1540. The van der Waals surface area contributed by atoms with E-state index in [2.05, 4.69) is 72.1 Å². The summed E-state index contributed by atoms with van der Waals surface area (Å²) >= 11 is 3.66. The summed E-state index contributed by atoms with van der Waals surface area (Å²) in [6.07, 6.45) is 8.03. The standard InChI is InChI=1S/C30H30BrN7O/c1-20-33-10-11-38(20)19-22-16-21-4-2-3-5-26(21)29(28-27(22)17-23(31)18-34-28)36-12-14-37(15-13-36)30(39)35-25-8-6-24(32)7-9-25/h2-11,16-18,29H,12-15,19,32H2,1H3,(H,35,39). The van der Waals surface area contributed by atoms with Crippen LogP contribution in [0.5, 0.6) is 0 Å². The first kappa shape index (κ1) is 25.3. The van der Waals surface area contributed by atoms with Gasteiger partial charge in [0.1, 0.15) is 5.82 Å². The van der Waals surface area contributed by atoms with E-state index in [0.717, 1.165) is 40.3 Å². The molecule has 2 aliphatic rings. The van der Waals surface area contributed by atoms with Crippen LogP contribution >= 0.6 is 15.9 Å². The molecule has 1 atom stereocenters. The Kier molecular flexibility index (Phi) is 6.93. The van der Waals surface area contributed by atoms with Crippen molar-refractivity contribution in [1.82, 2.24) is 24.3 Å². The molecule has 0 saturated carbocycles. The van der Waals surface area contributed by atoms with E-state index in [1.165, 1.54) is 16.7 Å². The van der Waals surface area contributed by atoms with Crippen molar-refractivity contribution in [2.75, 3.05) is 37.2 Å². The highest BCUT2D eigenvalue weighted by Crippen LogP contribution is 2.40. The van der Waals surface area contributed by atoms with Crippen molar-refractivity contribution < 1.29 is 4.79 Å². The molecule has 9 heteroatoms. The zero-order valence-electron chi connectivity index (χ0n) is 21.7. The van der Waals surface area contributed by atoms with Gasteiger partial charge in [-0.1, -0.05) is 24.3 Å². The smallest absolute Gasteiger partial charge is 0.321 e. The minimum atomic E-state index is -0.0946. The lowest BCUT2D eigenvalue weighted by atomic mass is 9.95. The third-order valence-corrected chi connectivity index (χ3v) is 7.94. The molecule has 1 saturated heterocycles. The van der Waals surface area contributed by atoms with Gasteiger partial charge in [0, 0.05) is 72.7 Å². The number of aromatic nitrogens is 3. The predicted molar refractivity (Wildman–Crippen MR) is 158 cm³/mol. The number of fused-ring (bicyclic) bond motifs is 2. The fourth-order valence-corrected chi connectivity index (χ4v) is 5.77. The number of nitrogens with zero attached hydrogens (tertiary/aromatic N) is 5. The van der Waals surface area contributed by atoms with Crippen LogP contribution in [0, 0.1) is 6.92 Å². The minimum absolute atomic E-state index is 0.0238. The molecule has 4 aromatic rings. The molecular formula is C30H30BrN7O. The number of benzene rings is 2. The fourth-order valence-electron chi connectivity index (χ4n) is 5.44. The second-order valence-corrected chi connectivity index (χ2v) is 10.9. The van der Waals surface area contributed by atoms with Crippen molar-refractivity contribution in [3.05, 3.63) is 106 Å². The van der Waals surface area contributed by atoms with Gasteiger partial charge in [-0.15, -0.1) is 0 Å². The average Bonchev–Trinajstić information content (AvgIpc) is 3.29. The van der Waals surface area contributed by atoms with E-state index in [4.69, 9.17) is 10.7 Å². The summed E-state index contributed by atoms with van der Waals surface area (Å²) in [6.45, 7) is 5.45. The largest absolute Gasteiger partial charge is 0.399 e. The van der Waals surface area contributed by atoms with Gasteiger partial charge in [-0.3, -0.25) is 9.88 Å². The molecule has 2 amide bonds. The van der Waals surface area contributed by atoms with Gasteiger partial charge in [-0.2, -0.15) is 0 Å². The van der Waals surface area contributed by atoms with Crippen LogP contribution in [-0.4, -0.2) is 56.5 Å². The van der Waals surface area contributed by atoms with Crippen LogP contribution in [0.1, 0.15) is 34.3 Å².